The molecular formula is C52H54B2O. The fourth-order valence-electron chi connectivity index (χ4n) is 10.3. The minimum absolute atomic E-state index is 0.0111. The first kappa shape index (κ1) is 38.0. The maximum atomic E-state index is 12.1. The van der Waals surface area contributed by atoms with Crippen LogP contribution in [0, 0.1) is 83.1 Å². The van der Waals surface area contributed by atoms with Gasteiger partial charge in [-0.05, 0) is 105 Å². The van der Waals surface area contributed by atoms with Crippen molar-refractivity contribution < 1.29 is 5.11 Å². The fraction of sp³-hybridized carbons (Fsp3) is 0.231. The van der Waals surface area contributed by atoms with Crippen LogP contribution in [0.2, 0.25) is 0 Å². The van der Waals surface area contributed by atoms with Gasteiger partial charge in [0, 0.05) is 5.56 Å². The first-order valence-electron chi connectivity index (χ1n) is 19.8. The van der Waals surface area contributed by atoms with Gasteiger partial charge in [-0.15, -0.1) is 0 Å². The Bertz CT molecular complexity index is 2440. The normalized spacial score (nSPS) is 11.3. The summed E-state index contributed by atoms with van der Waals surface area (Å²) in [5, 5.41) is 14.5. The Kier molecular flexibility index (Phi) is 10.2. The molecule has 0 bridgehead atoms. The minimum atomic E-state index is -0.0111. The molecule has 0 saturated heterocycles. The lowest BCUT2D eigenvalue weighted by atomic mass is 9.33. The summed E-state index contributed by atoms with van der Waals surface area (Å²) < 4.78 is 0. The molecule has 3 heteroatoms. The van der Waals surface area contributed by atoms with Crippen molar-refractivity contribution in [2.45, 2.75) is 83.1 Å². The molecule has 0 radical (unpaired) electrons. The molecule has 7 aromatic carbocycles. The zero-order valence-corrected chi connectivity index (χ0v) is 34.9. The van der Waals surface area contributed by atoms with E-state index in [2.05, 4.69) is 180 Å². The third-order valence-electron chi connectivity index (χ3n) is 12.0. The number of aryl methyl sites for hydroxylation is 12. The highest BCUT2D eigenvalue weighted by Gasteiger charge is 2.32. The molecule has 0 saturated carbocycles. The summed E-state index contributed by atoms with van der Waals surface area (Å²) in [7, 11) is 0. The Morgan fingerprint density at radius 2 is 0.691 bits per heavy atom. The number of aromatic hydroxyl groups is 1. The zero-order valence-electron chi connectivity index (χ0n) is 34.9. The predicted octanol–water partition coefficient (Wildman–Crippen LogP) is 8.95. The molecule has 7 aromatic rings. The average Bonchev–Trinajstić information content (AvgIpc) is 3.08. The van der Waals surface area contributed by atoms with E-state index in [9.17, 15) is 5.11 Å². The average molecular weight is 717 g/mol. The molecule has 1 N–H and O–H groups in total. The summed E-state index contributed by atoms with van der Waals surface area (Å²) in [6.07, 6.45) is 0. The molecule has 274 valence electrons. The fourth-order valence-corrected chi connectivity index (χ4v) is 10.3. The van der Waals surface area contributed by atoms with E-state index >= 15 is 0 Å². The first-order chi connectivity index (χ1) is 26.1. The van der Waals surface area contributed by atoms with E-state index in [0.717, 1.165) is 22.0 Å². The molecule has 0 spiro atoms. The van der Waals surface area contributed by atoms with Gasteiger partial charge in [-0.2, -0.15) is 0 Å². The van der Waals surface area contributed by atoms with Crippen molar-refractivity contribution in [2.75, 3.05) is 0 Å². The molecule has 0 aliphatic carbocycles. The van der Waals surface area contributed by atoms with Crippen LogP contribution in [-0.2, 0) is 0 Å². The van der Waals surface area contributed by atoms with Gasteiger partial charge in [0.05, 0.1) is 0 Å². The monoisotopic (exact) mass is 716 g/mol. The number of fused-ring (bicyclic) bond motifs is 1. The maximum absolute atomic E-state index is 12.1. The molecule has 0 aliphatic heterocycles. The van der Waals surface area contributed by atoms with Crippen LogP contribution < -0.4 is 32.8 Å². The van der Waals surface area contributed by atoms with Crippen molar-refractivity contribution in [2.24, 2.45) is 0 Å². The Hall–Kier alpha value is -5.27. The smallest absolute Gasteiger partial charge is 0.243 e. The van der Waals surface area contributed by atoms with Gasteiger partial charge in [-0.3, -0.25) is 0 Å². The summed E-state index contributed by atoms with van der Waals surface area (Å²) >= 11 is 0. The number of hydrogen-bond acceptors (Lipinski definition) is 1. The van der Waals surface area contributed by atoms with E-state index in [1.54, 1.807) is 0 Å². The molecule has 55 heavy (non-hydrogen) atoms. The largest absolute Gasteiger partial charge is 0.507 e. The minimum Gasteiger partial charge on any atom is -0.507 e. The molecule has 0 aliphatic rings. The Morgan fingerprint density at radius 1 is 0.345 bits per heavy atom. The van der Waals surface area contributed by atoms with Crippen molar-refractivity contribution in [3.63, 3.8) is 0 Å². The van der Waals surface area contributed by atoms with Crippen LogP contribution in [0.5, 0.6) is 5.75 Å². The lowest BCUT2D eigenvalue weighted by Gasteiger charge is -2.26. The molecule has 0 fully saturated rings. The summed E-state index contributed by atoms with van der Waals surface area (Å²) in [5.41, 5.74) is 25.2. The molecular weight excluding hydrogens is 662 g/mol. The van der Waals surface area contributed by atoms with Crippen molar-refractivity contribution in [1.29, 1.82) is 0 Å². The van der Waals surface area contributed by atoms with E-state index in [1.165, 1.54) is 99.5 Å². The number of hydrogen-bond donors (Lipinski definition) is 1. The topological polar surface area (TPSA) is 20.2 Å². The van der Waals surface area contributed by atoms with Gasteiger partial charge >= 0.3 is 0 Å². The van der Waals surface area contributed by atoms with Crippen LogP contribution >= 0.6 is 0 Å². The summed E-state index contributed by atoms with van der Waals surface area (Å²) in [6.45, 7) is 26.8. The Balaban J connectivity index is 1.44. The maximum Gasteiger partial charge on any atom is 0.243 e. The molecule has 0 unspecified atom stereocenters. The van der Waals surface area contributed by atoms with Gasteiger partial charge in [-0.1, -0.05) is 197 Å². The SMILES string of the molecule is Cc1cc(C)c(B(c2ccc(-c3ccc(B(c4c(C)cc(C)cc4C)c4c(C)cc(C)cc4C)c4ccccc34)c(O)c2)c2c(C)cc(C)cc2C)c(C)c1. The van der Waals surface area contributed by atoms with Gasteiger partial charge in [-0.25, -0.2) is 0 Å². The third-order valence-corrected chi connectivity index (χ3v) is 12.0. The standard InChI is InChI=1S/C52H54B2O/c1-30-21-34(5)49(35(6)22-30)53(50-36(7)23-31(2)24-37(50)8)42-17-18-46(48(55)29-42)44-19-20-47(45-16-14-13-15-43(44)45)54(51-38(9)25-32(3)26-39(51)10)52-40(11)27-33(4)28-41(52)12/h13-29,55H,1-12H3. The van der Waals surface area contributed by atoms with Gasteiger partial charge in [0.2, 0.25) is 13.4 Å². The van der Waals surface area contributed by atoms with E-state index in [0.29, 0.717) is 5.75 Å². The van der Waals surface area contributed by atoms with Crippen LogP contribution in [0.25, 0.3) is 21.9 Å². The summed E-state index contributed by atoms with van der Waals surface area (Å²) in [6, 6.07) is 38.3. The van der Waals surface area contributed by atoms with Crippen LogP contribution in [0.3, 0.4) is 0 Å². The van der Waals surface area contributed by atoms with E-state index in [1.807, 2.05) is 6.07 Å². The van der Waals surface area contributed by atoms with Crippen LogP contribution in [0.1, 0.15) is 66.8 Å². The van der Waals surface area contributed by atoms with Crippen molar-refractivity contribution >= 4 is 57.0 Å². The zero-order chi connectivity index (χ0) is 39.5. The van der Waals surface area contributed by atoms with Gasteiger partial charge in [0.25, 0.3) is 0 Å². The highest BCUT2D eigenvalue weighted by Crippen LogP contribution is 2.34. The lowest BCUT2D eigenvalue weighted by Crippen LogP contribution is -2.56. The van der Waals surface area contributed by atoms with Gasteiger partial charge in [0.15, 0.2) is 0 Å². The highest BCUT2D eigenvalue weighted by atomic mass is 16.3. The molecule has 0 amide bonds. The number of benzene rings is 7. The van der Waals surface area contributed by atoms with E-state index < -0.39 is 0 Å². The van der Waals surface area contributed by atoms with Crippen LogP contribution in [0.4, 0.5) is 0 Å². The Labute approximate surface area is 330 Å². The quantitative estimate of drug-likeness (QED) is 0.164. The number of rotatable bonds is 7. The molecule has 0 aromatic heterocycles. The summed E-state index contributed by atoms with van der Waals surface area (Å²) in [4.78, 5) is 0. The van der Waals surface area contributed by atoms with Gasteiger partial charge in [0.1, 0.15) is 5.75 Å². The van der Waals surface area contributed by atoms with Crippen molar-refractivity contribution in [3.8, 4) is 16.9 Å². The first-order valence-corrected chi connectivity index (χ1v) is 19.8. The third kappa shape index (κ3) is 6.95. The molecule has 0 atom stereocenters. The number of phenolic OH excluding ortho intramolecular Hbond substituents is 1. The van der Waals surface area contributed by atoms with Gasteiger partial charge < -0.3 is 5.11 Å². The van der Waals surface area contributed by atoms with Crippen LogP contribution in [-0.4, -0.2) is 18.5 Å². The second kappa shape index (κ2) is 14.8. The lowest BCUT2D eigenvalue weighted by molar-refractivity contribution is 0.478. The second-order valence-corrected chi connectivity index (χ2v) is 16.6. The summed E-state index contributed by atoms with van der Waals surface area (Å²) in [5.74, 6) is 0.303. The number of phenols is 1. The van der Waals surface area contributed by atoms with Crippen molar-refractivity contribution in [1.82, 2.24) is 0 Å². The Morgan fingerprint density at radius 3 is 1.07 bits per heavy atom. The second-order valence-electron chi connectivity index (χ2n) is 16.6. The van der Waals surface area contributed by atoms with E-state index in [-0.39, 0.29) is 13.4 Å². The van der Waals surface area contributed by atoms with E-state index in [4.69, 9.17) is 0 Å². The molecule has 1 nitrogen and oxygen atoms in total. The predicted molar refractivity (Wildman–Crippen MR) is 243 cm³/mol. The molecule has 7 rings (SSSR count). The van der Waals surface area contributed by atoms with Crippen LogP contribution in [0.15, 0.2) is 103 Å². The van der Waals surface area contributed by atoms with Crippen molar-refractivity contribution in [3.05, 3.63) is 170 Å². The molecule has 0 heterocycles. The highest BCUT2D eigenvalue weighted by molar-refractivity contribution is 6.98.